The second-order valence-corrected chi connectivity index (χ2v) is 8.14. The third-order valence-corrected chi connectivity index (χ3v) is 6.18. The summed E-state index contributed by atoms with van der Waals surface area (Å²) in [4.78, 5) is 6.70. The molecule has 5 rings (SSSR count). The first-order chi connectivity index (χ1) is 14.8. The van der Waals surface area contributed by atoms with Gasteiger partial charge in [0.1, 0.15) is 5.75 Å². The van der Waals surface area contributed by atoms with Crippen LogP contribution in [0.5, 0.6) is 17.2 Å². The Hall–Kier alpha value is -3.36. The van der Waals surface area contributed by atoms with Crippen molar-refractivity contribution in [3.8, 4) is 27.8 Å². The third-order valence-electron chi connectivity index (χ3n) is 4.48. The Labute approximate surface area is 181 Å². The number of thiazole rings is 1. The highest BCUT2D eigenvalue weighted by Gasteiger charge is 2.13. The van der Waals surface area contributed by atoms with Gasteiger partial charge in [-0.3, -0.25) is 0 Å². The highest BCUT2D eigenvalue weighted by Crippen LogP contribution is 2.32. The molecule has 1 aliphatic rings. The molecule has 0 saturated carbocycles. The molecule has 6 nitrogen and oxygen atoms in total. The molecule has 0 radical (unpaired) electrons. The minimum atomic E-state index is 0.253. The summed E-state index contributed by atoms with van der Waals surface area (Å²) in [5, 5.41) is 8.87. The molecular formula is C22H17N3O3S2. The Morgan fingerprint density at radius 2 is 1.90 bits per heavy atom. The van der Waals surface area contributed by atoms with E-state index in [0.717, 1.165) is 43.9 Å². The van der Waals surface area contributed by atoms with Crippen LogP contribution >= 0.6 is 22.7 Å². The first-order valence-corrected chi connectivity index (χ1v) is 10.9. The Morgan fingerprint density at radius 3 is 2.70 bits per heavy atom. The number of fused-ring (bicyclic) bond motifs is 1. The van der Waals surface area contributed by atoms with Crippen molar-refractivity contribution in [1.82, 2.24) is 4.68 Å². The first-order valence-electron chi connectivity index (χ1n) is 9.17. The summed E-state index contributed by atoms with van der Waals surface area (Å²) in [6.07, 6.45) is 1.80. The number of nitrogens with zero attached hydrogens (tertiary/aromatic N) is 3. The van der Waals surface area contributed by atoms with E-state index >= 15 is 0 Å². The van der Waals surface area contributed by atoms with Gasteiger partial charge in [0.05, 0.1) is 29.6 Å². The van der Waals surface area contributed by atoms with Crippen LogP contribution in [0.25, 0.3) is 10.6 Å². The number of thiophene rings is 1. The van der Waals surface area contributed by atoms with Crippen molar-refractivity contribution in [1.29, 1.82) is 0 Å². The summed E-state index contributed by atoms with van der Waals surface area (Å²) in [6, 6.07) is 17.5. The maximum absolute atomic E-state index is 5.46. The lowest BCUT2D eigenvalue weighted by Crippen LogP contribution is -2.11. The first kappa shape index (κ1) is 18.7. The van der Waals surface area contributed by atoms with Gasteiger partial charge >= 0.3 is 0 Å². The molecule has 0 fully saturated rings. The van der Waals surface area contributed by atoms with Crippen LogP contribution in [0.15, 0.2) is 75.5 Å². The number of rotatable bonds is 5. The van der Waals surface area contributed by atoms with E-state index in [-0.39, 0.29) is 6.79 Å². The quantitative estimate of drug-likeness (QED) is 0.408. The lowest BCUT2D eigenvalue weighted by atomic mass is 10.2. The van der Waals surface area contributed by atoms with E-state index in [1.807, 2.05) is 53.2 Å². The molecule has 1 aliphatic heterocycles. The van der Waals surface area contributed by atoms with Crippen LogP contribution in [-0.4, -0.2) is 24.8 Å². The number of benzene rings is 2. The summed E-state index contributed by atoms with van der Waals surface area (Å²) < 4.78 is 17.9. The van der Waals surface area contributed by atoms with Gasteiger partial charge in [-0.2, -0.15) is 5.10 Å². The van der Waals surface area contributed by atoms with Crippen LogP contribution in [0, 0.1) is 0 Å². The van der Waals surface area contributed by atoms with E-state index < -0.39 is 0 Å². The van der Waals surface area contributed by atoms with E-state index in [4.69, 9.17) is 24.3 Å². The smallest absolute Gasteiger partial charge is 0.231 e. The van der Waals surface area contributed by atoms with Gasteiger partial charge in [0.15, 0.2) is 11.5 Å². The predicted octanol–water partition coefficient (Wildman–Crippen LogP) is 5.13. The third kappa shape index (κ3) is 3.74. The molecule has 2 aromatic carbocycles. The highest BCUT2D eigenvalue weighted by molar-refractivity contribution is 7.14. The van der Waals surface area contributed by atoms with Crippen LogP contribution in [0.3, 0.4) is 0 Å². The fourth-order valence-corrected chi connectivity index (χ4v) is 4.62. The molecule has 2 aromatic heterocycles. The van der Waals surface area contributed by atoms with E-state index in [1.54, 1.807) is 36.0 Å². The van der Waals surface area contributed by atoms with Gasteiger partial charge in [-0.25, -0.2) is 9.67 Å². The number of aromatic nitrogens is 1. The molecule has 8 heteroatoms. The van der Waals surface area contributed by atoms with E-state index in [2.05, 4.69) is 16.8 Å². The zero-order chi connectivity index (χ0) is 20.3. The topological polar surface area (TPSA) is 57.3 Å². The van der Waals surface area contributed by atoms with Crippen LogP contribution in [0.2, 0.25) is 0 Å². The number of ether oxygens (including phenoxy) is 3. The lowest BCUT2D eigenvalue weighted by Gasteiger charge is -2.02. The predicted molar refractivity (Wildman–Crippen MR) is 119 cm³/mol. The SMILES string of the molecule is COc1ccc(N=c2scc(-c3cccs3)n2N=Cc2ccc3c(c2)OCO3)cc1. The van der Waals surface area contributed by atoms with Crippen molar-refractivity contribution < 1.29 is 14.2 Å². The van der Waals surface area contributed by atoms with E-state index in [0.29, 0.717) is 0 Å². The maximum Gasteiger partial charge on any atom is 0.231 e. The summed E-state index contributed by atoms with van der Waals surface area (Å²) in [6.45, 7) is 0.253. The van der Waals surface area contributed by atoms with Crippen molar-refractivity contribution in [3.05, 3.63) is 75.7 Å². The molecular weight excluding hydrogens is 418 g/mol. The van der Waals surface area contributed by atoms with Gasteiger partial charge in [0.2, 0.25) is 11.6 Å². The van der Waals surface area contributed by atoms with Crippen LogP contribution in [-0.2, 0) is 0 Å². The summed E-state index contributed by atoms with van der Waals surface area (Å²) in [5.74, 6) is 2.29. The highest BCUT2D eigenvalue weighted by atomic mass is 32.1. The van der Waals surface area contributed by atoms with Crippen molar-refractivity contribution in [2.24, 2.45) is 10.1 Å². The summed E-state index contributed by atoms with van der Waals surface area (Å²) in [5.41, 5.74) is 2.76. The second-order valence-electron chi connectivity index (χ2n) is 6.36. The second kappa shape index (κ2) is 8.17. The molecule has 0 N–H and O–H groups in total. The average Bonchev–Trinajstić information content (AvgIpc) is 3.53. The molecule has 0 unspecified atom stereocenters. The molecule has 150 valence electrons. The standard InChI is InChI=1S/C22H17N3O3S2/c1-26-17-7-5-16(6-8-17)24-22-25(18(13-30-22)21-3-2-10-29-21)23-12-15-4-9-19-20(11-15)28-14-27-19/h2-13H,14H2,1H3. The fraction of sp³-hybridized carbons (Fsp3) is 0.0909. The largest absolute Gasteiger partial charge is 0.497 e. The van der Waals surface area contributed by atoms with Crippen molar-refractivity contribution in [2.75, 3.05) is 13.9 Å². The van der Waals surface area contributed by atoms with Gasteiger partial charge < -0.3 is 14.2 Å². The van der Waals surface area contributed by atoms with Gasteiger partial charge in [-0.05, 0) is 59.5 Å². The molecule has 0 bridgehead atoms. The Kier molecular flexibility index (Phi) is 5.08. The van der Waals surface area contributed by atoms with Gasteiger partial charge in [-0.1, -0.05) is 6.07 Å². The molecule has 0 spiro atoms. The molecule has 30 heavy (non-hydrogen) atoms. The minimum absolute atomic E-state index is 0.253. The number of hydrogen-bond donors (Lipinski definition) is 0. The van der Waals surface area contributed by atoms with Gasteiger partial charge in [-0.15, -0.1) is 22.7 Å². The van der Waals surface area contributed by atoms with Crippen LogP contribution in [0.4, 0.5) is 5.69 Å². The number of methoxy groups -OCH3 is 1. The van der Waals surface area contributed by atoms with Crippen molar-refractivity contribution >= 4 is 34.6 Å². The molecule has 0 saturated heterocycles. The molecule has 3 heterocycles. The van der Waals surface area contributed by atoms with Crippen molar-refractivity contribution in [3.63, 3.8) is 0 Å². The fourth-order valence-electron chi connectivity index (χ4n) is 2.97. The molecule has 4 aromatic rings. The zero-order valence-corrected chi connectivity index (χ0v) is 17.7. The average molecular weight is 436 g/mol. The van der Waals surface area contributed by atoms with Crippen LogP contribution < -0.4 is 19.0 Å². The lowest BCUT2D eigenvalue weighted by molar-refractivity contribution is 0.174. The summed E-state index contributed by atoms with van der Waals surface area (Å²) >= 11 is 3.22. The Morgan fingerprint density at radius 1 is 1.03 bits per heavy atom. The van der Waals surface area contributed by atoms with Crippen molar-refractivity contribution in [2.45, 2.75) is 0 Å². The molecule has 0 atom stereocenters. The van der Waals surface area contributed by atoms with Crippen LogP contribution in [0.1, 0.15) is 5.56 Å². The molecule has 0 aliphatic carbocycles. The minimum Gasteiger partial charge on any atom is -0.497 e. The Balaban J connectivity index is 1.56. The van der Waals surface area contributed by atoms with E-state index in [1.165, 1.54) is 0 Å². The van der Waals surface area contributed by atoms with Gasteiger partial charge in [0, 0.05) is 5.38 Å². The van der Waals surface area contributed by atoms with E-state index in [9.17, 15) is 0 Å². The normalized spacial score (nSPS) is 13.3. The van der Waals surface area contributed by atoms with Gasteiger partial charge in [0.25, 0.3) is 0 Å². The number of hydrogen-bond acceptors (Lipinski definition) is 7. The maximum atomic E-state index is 5.46. The Bertz CT molecular complexity index is 1260. The zero-order valence-electron chi connectivity index (χ0n) is 16.0. The molecule has 0 amide bonds. The monoisotopic (exact) mass is 435 g/mol. The summed E-state index contributed by atoms with van der Waals surface area (Å²) in [7, 11) is 1.65.